The molecule has 4 heteroatoms. The van der Waals surface area contributed by atoms with E-state index in [4.69, 9.17) is 11.6 Å². The topological polar surface area (TPSA) is 56.6 Å². The van der Waals surface area contributed by atoms with Crippen LogP contribution in [0.3, 0.4) is 0 Å². The molecule has 112 valence electrons. The van der Waals surface area contributed by atoms with Crippen molar-refractivity contribution in [2.45, 2.75) is 6.92 Å². The third-order valence-electron chi connectivity index (χ3n) is 3.67. The molecule has 0 saturated heterocycles. The van der Waals surface area contributed by atoms with Crippen LogP contribution in [-0.4, -0.2) is 4.98 Å². The third-order valence-corrected chi connectivity index (χ3v) is 4.00. The first-order valence-electron chi connectivity index (χ1n) is 7.09. The fourth-order valence-electron chi connectivity index (χ4n) is 2.45. The van der Waals surface area contributed by atoms with Gasteiger partial charge in [-0.1, -0.05) is 59.6 Å². The van der Waals surface area contributed by atoms with Gasteiger partial charge < -0.3 is 4.98 Å². The standard InChI is InChI=1S/C19H13ClN2O/c1-12-6-8-13(9-7-12)18-10-15(16(11-21)19(23)22-18)14-4-2-3-5-17(14)20/h2-10H,1H3,(H,22,23). The van der Waals surface area contributed by atoms with Crippen molar-refractivity contribution in [2.75, 3.05) is 0 Å². The average molecular weight is 321 g/mol. The normalized spacial score (nSPS) is 10.3. The van der Waals surface area contributed by atoms with Crippen LogP contribution in [0, 0.1) is 18.3 Å². The van der Waals surface area contributed by atoms with Gasteiger partial charge in [0.25, 0.3) is 5.56 Å². The maximum atomic E-state index is 12.3. The van der Waals surface area contributed by atoms with E-state index < -0.39 is 5.56 Å². The second kappa shape index (κ2) is 6.12. The highest BCUT2D eigenvalue weighted by Gasteiger charge is 2.14. The van der Waals surface area contributed by atoms with E-state index in [1.165, 1.54) is 0 Å². The molecule has 0 amide bonds. The molecule has 0 aliphatic rings. The predicted octanol–water partition coefficient (Wildman–Crippen LogP) is 4.54. The Morgan fingerprint density at radius 2 is 1.74 bits per heavy atom. The fourth-order valence-corrected chi connectivity index (χ4v) is 2.69. The third kappa shape index (κ3) is 2.90. The zero-order valence-corrected chi connectivity index (χ0v) is 13.2. The highest BCUT2D eigenvalue weighted by atomic mass is 35.5. The fraction of sp³-hybridized carbons (Fsp3) is 0.0526. The molecule has 0 radical (unpaired) electrons. The van der Waals surface area contributed by atoms with E-state index in [9.17, 15) is 10.1 Å². The Hall–Kier alpha value is -2.83. The number of rotatable bonds is 2. The maximum absolute atomic E-state index is 12.3. The molecule has 3 rings (SSSR count). The van der Waals surface area contributed by atoms with Crippen molar-refractivity contribution in [1.29, 1.82) is 5.26 Å². The van der Waals surface area contributed by atoms with Crippen LogP contribution in [-0.2, 0) is 0 Å². The number of benzene rings is 2. The summed E-state index contributed by atoms with van der Waals surface area (Å²) < 4.78 is 0. The second-order valence-electron chi connectivity index (χ2n) is 5.26. The highest BCUT2D eigenvalue weighted by Crippen LogP contribution is 2.31. The number of nitrogens with one attached hydrogen (secondary N) is 1. The van der Waals surface area contributed by atoms with Crippen molar-refractivity contribution in [3.8, 4) is 28.5 Å². The number of aromatic amines is 1. The molecular formula is C19H13ClN2O. The van der Waals surface area contributed by atoms with Gasteiger partial charge in [0.1, 0.15) is 11.6 Å². The van der Waals surface area contributed by atoms with E-state index in [1.54, 1.807) is 18.2 Å². The summed E-state index contributed by atoms with van der Waals surface area (Å²) in [4.78, 5) is 15.1. The monoisotopic (exact) mass is 320 g/mol. The summed E-state index contributed by atoms with van der Waals surface area (Å²) >= 11 is 6.24. The van der Waals surface area contributed by atoms with Gasteiger partial charge in [0.2, 0.25) is 0 Å². The number of aromatic nitrogens is 1. The number of hydrogen-bond acceptors (Lipinski definition) is 2. The molecule has 2 aromatic carbocycles. The number of nitrogens with zero attached hydrogens (tertiary/aromatic N) is 1. The summed E-state index contributed by atoms with van der Waals surface area (Å²) in [5, 5.41) is 9.84. The lowest BCUT2D eigenvalue weighted by atomic mass is 9.99. The molecule has 23 heavy (non-hydrogen) atoms. The number of halogens is 1. The van der Waals surface area contributed by atoms with E-state index in [-0.39, 0.29) is 5.56 Å². The number of pyridine rings is 1. The van der Waals surface area contributed by atoms with E-state index in [2.05, 4.69) is 4.98 Å². The minimum Gasteiger partial charge on any atom is -0.321 e. The van der Waals surface area contributed by atoms with E-state index in [0.717, 1.165) is 11.1 Å². The van der Waals surface area contributed by atoms with Gasteiger partial charge in [-0.2, -0.15) is 5.26 Å². The zero-order chi connectivity index (χ0) is 16.4. The van der Waals surface area contributed by atoms with E-state index in [0.29, 0.717) is 21.8 Å². The Labute approximate surface area is 138 Å². The van der Waals surface area contributed by atoms with Crippen molar-refractivity contribution >= 4 is 11.6 Å². The Kier molecular flexibility index (Phi) is 4.01. The molecule has 1 aromatic heterocycles. The Bertz CT molecular complexity index is 966. The first-order chi connectivity index (χ1) is 11.1. The molecule has 0 aliphatic heterocycles. The van der Waals surface area contributed by atoms with Crippen LogP contribution in [0.1, 0.15) is 11.1 Å². The summed E-state index contributed by atoms with van der Waals surface area (Å²) in [6.07, 6.45) is 0. The van der Waals surface area contributed by atoms with Gasteiger partial charge in [0.05, 0.1) is 0 Å². The van der Waals surface area contributed by atoms with Crippen LogP contribution in [0.25, 0.3) is 22.4 Å². The molecule has 0 saturated carbocycles. The molecule has 3 aromatic rings. The van der Waals surface area contributed by atoms with Gasteiger partial charge in [0, 0.05) is 21.8 Å². The molecule has 0 bridgehead atoms. The first-order valence-corrected chi connectivity index (χ1v) is 7.47. The number of nitriles is 1. The predicted molar refractivity (Wildman–Crippen MR) is 92.4 cm³/mol. The quantitative estimate of drug-likeness (QED) is 0.753. The van der Waals surface area contributed by atoms with Gasteiger partial charge in [0.15, 0.2) is 0 Å². The SMILES string of the molecule is Cc1ccc(-c2cc(-c3ccccc3Cl)c(C#N)c(=O)[nH]2)cc1. The first kappa shape index (κ1) is 15.1. The summed E-state index contributed by atoms with van der Waals surface area (Å²) in [7, 11) is 0. The maximum Gasteiger partial charge on any atom is 0.266 e. The van der Waals surface area contributed by atoms with Gasteiger partial charge in [-0.15, -0.1) is 0 Å². The number of H-pyrrole nitrogens is 1. The van der Waals surface area contributed by atoms with Gasteiger partial charge >= 0.3 is 0 Å². The van der Waals surface area contributed by atoms with Gasteiger partial charge in [-0.05, 0) is 24.6 Å². The van der Waals surface area contributed by atoms with Crippen LogP contribution < -0.4 is 5.56 Å². The molecule has 0 fully saturated rings. The second-order valence-corrected chi connectivity index (χ2v) is 5.67. The molecule has 0 aliphatic carbocycles. The molecule has 0 spiro atoms. The Morgan fingerprint density at radius 1 is 1.04 bits per heavy atom. The number of hydrogen-bond donors (Lipinski definition) is 1. The molecule has 0 unspecified atom stereocenters. The van der Waals surface area contributed by atoms with E-state index >= 15 is 0 Å². The summed E-state index contributed by atoms with van der Waals surface area (Å²) in [6, 6.07) is 18.8. The van der Waals surface area contributed by atoms with Crippen molar-refractivity contribution in [3.63, 3.8) is 0 Å². The zero-order valence-electron chi connectivity index (χ0n) is 12.4. The molecule has 1 N–H and O–H groups in total. The molecular weight excluding hydrogens is 308 g/mol. The minimum absolute atomic E-state index is 0.0639. The number of aryl methyl sites for hydroxylation is 1. The smallest absolute Gasteiger partial charge is 0.266 e. The summed E-state index contributed by atoms with van der Waals surface area (Å²) in [5.41, 5.74) is 3.53. The Balaban J connectivity index is 2.27. The van der Waals surface area contributed by atoms with Crippen molar-refractivity contribution < 1.29 is 0 Å². The van der Waals surface area contributed by atoms with Crippen molar-refractivity contribution in [3.05, 3.63) is 81.1 Å². The van der Waals surface area contributed by atoms with Crippen molar-refractivity contribution in [1.82, 2.24) is 4.98 Å². The molecule has 3 nitrogen and oxygen atoms in total. The van der Waals surface area contributed by atoms with Crippen LogP contribution in [0.4, 0.5) is 0 Å². The van der Waals surface area contributed by atoms with E-state index in [1.807, 2.05) is 49.4 Å². The largest absolute Gasteiger partial charge is 0.321 e. The van der Waals surface area contributed by atoms with Crippen molar-refractivity contribution in [2.24, 2.45) is 0 Å². The van der Waals surface area contributed by atoms with Crippen LogP contribution in [0.15, 0.2) is 59.4 Å². The lowest BCUT2D eigenvalue weighted by Gasteiger charge is -2.09. The summed E-state index contributed by atoms with van der Waals surface area (Å²) in [6.45, 7) is 2.00. The lowest BCUT2D eigenvalue weighted by molar-refractivity contribution is 1.22. The van der Waals surface area contributed by atoms with Crippen LogP contribution in [0.2, 0.25) is 5.02 Å². The van der Waals surface area contributed by atoms with Gasteiger partial charge in [-0.25, -0.2) is 0 Å². The average Bonchev–Trinajstić information content (AvgIpc) is 2.55. The highest BCUT2D eigenvalue weighted by molar-refractivity contribution is 6.33. The van der Waals surface area contributed by atoms with Crippen LogP contribution >= 0.6 is 11.6 Å². The molecule has 1 heterocycles. The van der Waals surface area contributed by atoms with Gasteiger partial charge in [-0.3, -0.25) is 4.79 Å². The Morgan fingerprint density at radius 3 is 2.39 bits per heavy atom. The minimum atomic E-state index is -0.416. The summed E-state index contributed by atoms with van der Waals surface area (Å²) in [5.74, 6) is 0. The van der Waals surface area contributed by atoms with Crippen LogP contribution in [0.5, 0.6) is 0 Å². The molecule has 0 atom stereocenters. The lowest BCUT2D eigenvalue weighted by Crippen LogP contribution is -2.12.